The number of benzene rings is 1. The molecule has 0 unspecified atom stereocenters. The first-order valence-corrected chi connectivity index (χ1v) is 8.27. The maximum atomic E-state index is 13.8. The van der Waals surface area contributed by atoms with Crippen molar-refractivity contribution in [1.29, 1.82) is 0 Å². The maximum Gasteiger partial charge on any atom is 0.246 e. The minimum absolute atomic E-state index is 0.114. The molecule has 2 N–H and O–H groups in total. The molecule has 1 aliphatic rings. The van der Waals surface area contributed by atoms with E-state index in [0.29, 0.717) is 13.1 Å². The molecule has 0 atom stereocenters. The quantitative estimate of drug-likeness (QED) is 0.849. The summed E-state index contributed by atoms with van der Waals surface area (Å²) in [6.07, 6.45) is 0.988. The summed E-state index contributed by atoms with van der Waals surface area (Å²) in [4.78, 5) is 1.45. The lowest BCUT2D eigenvalue weighted by molar-refractivity contribution is 0.188. The number of hydrogen-bond acceptors (Lipinski definition) is 4. The Kier molecular flexibility index (Phi) is 4.80. The zero-order valence-corrected chi connectivity index (χ0v) is 12.7. The van der Waals surface area contributed by atoms with Gasteiger partial charge in [0.25, 0.3) is 0 Å². The van der Waals surface area contributed by atoms with Crippen LogP contribution < -0.4 is 5.73 Å². The second-order valence-electron chi connectivity index (χ2n) is 5.06. The monoisotopic (exact) mass is 319 g/mol. The molecular weight excluding hydrogens is 300 g/mol. The van der Waals surface area contributed by atoms with Gasteiger partial charge in [-0.2, -0.15) is 4.31 Å². The molecule has 0 aliphatic carbocycles. The van der Waals surface area contributed by atoms with Crippen LogP contribution in [-0.2, 0) is 10.0 Å². The van der Waals surface area contributed by atoms with E-state index < -0.39 is 26.6 Å². The molecule has 118 valence electrons. The molecule has 21 heavy (non-hydrogen) atoms. The lowest BCUT2D eigenvalue weighted by Crippen LogP contribution is -2.48. The highest BCUT2D eigenvalue weighted by Gasteiger charge is 2.31. The van der Waals surface area contributed by atoms with Gasteiger partial charge in [-0.3, -0.25) is 0 Å². The zero-order chi connectivity index (χ0) is 15.6. The Morgan fingerprint density at radius 3 is 2.38 bits per heavy atom. The fourth-order valence-electron chi connectivity index (χ4n) is 2.42. The highest BCUT2D eigenvalue weighted by atomic mass is 32.2. The number of nitrogen functional groups attached to an aromatic ring is 1. The van der Waals surface area contributed by atoms with E-state index in [1.54, 1.807) is 0 Å². The number of piperazine rings is 1. The van der Waals surface area contributed by atoms with Crippen LogP contribution in [0.3, 0.4) is 0 Å². The highest BCUT2D eigenvalue weighted by molar-refractivity contribution is 7.89. The molecular formula is C13H19F2N3O2S. The minimum Gasteiger partial charge on any atom is -0.399 e. The molecule has 1 fully saturated rings. The molecule has 2 rings (SSSR count). The summed E-state index contributed by atoms with van der Waals surface area (Å²) in [6, 6.07) is 1.74. The smallest absolute Gasteiger partial charge is 0.246 e. The van der Waals surface area contributed by atoms with Gasteiger partial charge in [-0.1, -0.05) is 6.92 Å². The van der Waals surface area contributed by atoms with Crippen molar-refractivity contribution in [1.82, 2.24) is 9.21 Å². The molecule has 0 spiro atoms. The molecule has 0 aromatic heterocycles. The Labute approximate surface area is 123 Å². The molecule has 1 aromatic carbocycles. The van der Waals surface area contributed by atoms with E-state index in [-0.39, 0.29) is 18.8 Å². The molecule has 0 bridgehead atoms. The number of halogens is 2. The predicted molar refractivity (Wildman–Crippen MR) is 76.3 cm³/mol. The van der Waals surface area contributed by atoms with Crippen LogP contribution in [0.2, 0.25) is 0 Å². The van der Waals surface area contributed by atoms with Crippen LogP contribution in [0.5, 0.6) is 0 Å². The third-order valence-electron chi connectivity index (χ3n) is 3.51. The van der Waals surface area contributed by atoms with Gasteiger partial charge in [-0.25, -0.2) is 17.2 Å². The van der Waals surface area contributed by atoms with Crippen LogP contribution in [0.4, 0.5) is 14.5 Å². The Balaban J connectivity index is 2.24. The second-order valence-corrected chi connectivity index (χ2v) is 6.97. The molecule has 1 heterocycles. The number of anilines is 1. The summed E-state index contributed by atoms with van der Waals surface area (Å²) in [5.41, 5.74) is 5.30. The Morgan fingerprint density at radius 2 is 1.81 bits per heavy atom. The first kappa shape index (κ1) is 16.1. The van der Waals surface area contributed by atoms with E-state index in [1.165, 1.54) is 4.31 Å². The van der Waals surface area contributed by atoms with Crippen LogP contribution in [0, 0.1) is 11.6 Å². The van der Waals surface area contributed by atoms with Crippen LogP contribution >= 0.6 is 0 Å². The topological polar surface area (TPSA) is 66.6 Å². The molecule has 0 radical (unpaired) electrons. The number of nitrogens with two attached hydrogens (primary N) is 1. The summed E-state index contributed by atoms with van der Waals surface area (Å²) in [5.74, 6) is -2.63. The van der Waals surface area contributed by atoms with Crippen molar-refractivity contribution < 1.29 is 17.2 Å². The largest absolute Gasteiger partial charge is 0.399 e. The van der Waals surface area contributed by atoms with E-state index in [1.807, 2.05) is 6.92 Å². The van der Waals surface area contributed by atoms with Crippen molar-refractivity contribution in [2.45, 2.75) is 18.2 Å². The van der Waals surface area contributed by atoms with E-state index in [2.05, 4.69) is 4.90 Å². The summed E-state index contributed by atoms with van der Waals surface area (Å²) in [5, 5.41) is 0. The second kappa shape index (κ2) is 6.25. The van der Waals surface area contributed by atoms with Gasteiger partial charge in [0.15, 0.2) is 11.6 Å². The fourth-order valence-corrected chi connectivity index (χ4v) is 3.95. The van der Waals surface area contributed by atoms with Crippen molar-refractivity contribution in [3.8, 4) is 0 Å². The summed E-state index contributed by atoms with van der Waals surface area (Å²) >= 11 is 0. The SMILES string of the molecule is CCCN1CCN(S(=O)(=O)c2cc(N)cc(F)c2F)CC1. The van der Waals surface area contributed by atoms with E-state index in [9.17, 15) is 17.2 Å². The maximum absolute atomic E-state index is 13.8. The number of sulfonamides is 1. The number of rotatable bonds is 4. The average molecular weight is 319 g/mol. The van der Waals surface area contributed by atoms with Crippen LogP contribution in [0.25, 0.3) is 0 Å². The van der Waals surface area contributed by atoms with E-state index in [4.69, 9.17) is 5.73 Å². The van der Waals surface area contributed by atoms with Crippen molar-refractivity contribution in [3.63, 3.8) is 0 Å². The van der Waals surface area contributed by atoms with Gasteiger partial charge in [-0.15, -0.1) is 0 Å². The number of nitrogens with zero attached hydrogens (tertiary/aromatic N) is 2. The summed E-state index contributed by atoms with van der Waals surface area (Å²) < 4.78 is 53.2. The molecule has 5 nitrogen and oxygen atoms in total. The third-order valence-corrected chi connectivity index (χ3v) is 5.40. The van der Waals surface area contributed by atoms with Crippen molar-refractivity contribution in [2.24, 2.45) is 0 Å². The first-order valence-electron chi connectivity index (χ1n) is 6.83. The van der Waals surface area contributed by atoms with E-state index in [0.717, 1.165) is 25.1 Å². The standard InChI is InChI=1S/C13H19F2N3O2S/c1-2-3-17-4-6-18(7-5-17)21(19,20)12-9-10(16)8-11(14)13(12)15/h8-9H,2-7,16H2,1H3. The Bertz CT molecular complexity index is 614. The lowest BCUT2D eigenvalue weighted by atomic mass is 10.3. The first-order chi connectivity index (χ1) is 9.86. The molecule has 1 aliphatic heterocycles. The summed E-state index contributed by atoms with van der Waals surface area (Å²) in [7, 11) is -4.06. The van der Waals surface area contributed by atoms with Gasteiger partial charge in [-0.05, 0) is 25.1 Å². The Hall–Kier alpha value is -1.25. The zero-order valence-electron chi connectivity index (χ0n) is 11.8. The lowest BCUT2D eigenvalue weighted by Gasteiger charge is -2.33. The fraction of sp³-hybridized carbons (Fsp3) is 0.538. The van der Waals surface area contributed by atoms with Crippen LogP contribution in [0.1, 0.15) is 13.3 Å². The number of hydrogen-bond donors (Lipinski definition) is 1. The van der Waals surface area contributed by atoms with Crippen molar-refractivity contribution in [3.05, 3.63) is 23.8 Å². The summed E-state index contributed by atoms with van der Waals surface area (Å²) in [6.45, 7) is 4.64. The Morgan fingerprint density at radius 1 is 1.19 bits per heavy atom. The minimum atomic E-state index is -4.06. The van der Waals surface area contributed by atoms with Gasteiger partial charge in [0, 0.05) is 31.9 Å². The average Bonchev–Trinajstić information content (AvgIpc) is 2.43. The van der Waals surface area contributed by atoms with Crippen molar-refractivity contribution in [2.75, 3.05) is 38.5 Å². The van der Waals surface area contributed by atoms with Gasteiger partial charge < -0.3 is 10.6 Å². The molecule has 8 heteroatoms. The van der Waals surface area contributed by atoms with Gasteiger partial charge in [0.1, 0.15) is 4.90 Å². The van der Waals surface area contributed by atoms with Crippen LogP contribution in [0.15, 0.2) is 17.0 Å². The van der Waals surface area contributed by atoms with Crippen molar-refractivity contribution >= 4 is 15.7 Å². The van der Waals surface area contributed by atoms with Crippen LogP contribution in [-0.4, -0.2) is 50.3 Å². The highest BCUT2D eigenvalue weighted by Crippen LogP contribution is 2.25. The van der Waals surface area contributed by atoms with Gasteiger partial charge in [0.2, 0.25) is 10.0 Å². The molecule has 1 aromatic rings. The van der Waals surface area contributed by atoms with E-state index >= 15 is 0 Å². The molecule has 1 saturated heterocycles. The van der Waals surface area contributed by atoms with Gasteiger partial charge in [0.05, 0.1) is 0 Å². The molecule has 0 saturated carbocycles. The third kappa shape index (κ3) is 3.33. The molecule has 0 amide bonds. The normalized spacial score (nSPS) is 18.0. The van der Waals surface area contributed by atoms with Gasteiger partial charge >= 0.3 is 0 Å². The predicted octanol–water partition coefficient (Wildman–Crippen LogP) is 1.26.